The van der Waals surface area contributed by atoms with Crippen LogP contribution in [0.4, 0.5) is 5.69 Å². The summed E-state index contributed by atoms with van der Waals surface area (Å²) in [5, 5.41) is 14.4. The molecule has 0 radical (unpaired) electrons. The first kappa shape index (κ1) is 23.6. The summed E-state index contributed by atoms with van der Waals surface area (Å²) in [5.41, 5.74) is 2.80. The van der Waals surface area contributed by atoms with Crippen LogP contribution in [0.5, 0.6) is 11.5 Å². The molecule has 176 valence electrons. The Morgan fingerprint density at radius 1 is 1.21 bits per heavy atom. The molecule has 1 aliphatic heterocycles. The Kier molecular flexibility index (Phi) is 6.70. The fraction of sp³-hybridized carbons (Fsp3) is 0.375. The number of methoxy groups -OCH3 is 1. The maximum absolute atomic E-state index is 12.6. The third-order valence-corrected chi connectivity index (χ3v) is 7.62. The number of anilines is 1. The monoisotopic (exact) mass is 489 g/mol. The van der Waals surface area contributed by atoms with Crippen molar-refractivity contribution in [2.75, 3.05) is 45.4 Å². The molecule has 0 saturated carbocycles. The van der Waals surface area contributed by atoms with Crippen LogP contribution in [0.1, 0.15) is 12.8 Å². The first-order valence-corrected chi connectivity index (χ1v) is 13.1. The Labute approximate surface area is 199 Å². The van der Waals surface area contributed by atoms with Crippen LogP contribution in [0.3, 0.4) is 0 Å². The van der Waals surface area contributed by atoms with Gasteiger partial charge in [0.2, 0.25) is 0 Å². The van der Waals surface area contributed by atoms with E-state index < -0.39 is 9.84 Å². The molecular formula is C24H28ClN3O4S. The number of sulfone groups is 1. The van der Waals surface area contributed by atoms with Gasteiger partial charge < -0.3 is 20.1 Å². The Morgan fingerprint density at radius 2 is 1.94 bits per heavy atom. The van der Waals surface area contributed by atoms with Crippen LogP contribution < -0.4 is 10.1 Å². The minimum absolute atomic E-state index is 0.120. The lowest BCUT2D eigenvalue weighted by atomic mass is 9.97. The predicted octanol–water partition coefficient (Wildman–Crippen LogP) is 4.43. The lowest BCUT2D eigenvalue weighted by Gasteiger charge is -2.29. The normalized spacial score (nSPS) is 15.6. The SMILES string of the molecule is COc1cc(-c2ccc3ncc(S(C)(=O)=O)c(NCC4CCN(C)CC4)c3c2)cc(Cl)c1O. The maximum atomic E-state index is 12.6. The minimum Gasteiger partial charge on any atom is -0.503 e. The van der Waals surface area contributed by atoms with Crippen LogP contribution in [0.15, 0.2) is 41.4 Å². The van der Waals surface area contributed by atoms with Crippen molar-refractivity contribution >= 4 is 38.0 Å². The number of ether oxygens (including phenoxy) is 1. The zero-order valence-electron chi connectivity index (χ0n) is 18.9. The van der Waals surface area contributed by atoms with Crippen molar-refractivity contribution in [1.82, 2.24) is 9.88 Å². The van der Waals surface area contributed by atoms with Gasteiger partial charge in [-0.05, 0) is 74.3 Å². The summed E-state index contributed by atoms with van der Waals surface area (Å²) in [6.07, 6.45) is 4.76. The largest absolute Gasteiger partial charge is 0.503 e. The summed E-state index contributed by atoms with van der Waals surface area (Å²) >= 11 is 6.19. The maximum Gasteiger partial charge on any atom is 0.179 e. The molecule has 1 saturated heterocycles. The van der Waals surface area contributed by atoms with Gasteiger partial charge in [-0.15, -0.1) is 0 Å². The van der Waals surface area contributed by atoms with Crippen LogP contribution in [0.2, 0.25) is 5.02 Å². The molecule has 0 aliphatic carbocycles. The third-order valence-electron chi connectivity index (χ3n) is 6.22. The average Bonchev–Trinajstić information content (AvgIpc) is 2.79. The molecule has 2 heterocycles. The standard InChI is InChI=1S/C24H28ClN3O4S/c1-28-8-6-15(7-9-28)13-27-23-18-10-16(17-11-19(25)24(29)21(12-17)32-2)4-5-20(18)26-14-22(23)33(3,30)31/h4-5,10-12,14-15,29H,6-9,13H2,1-3H3,(H,26,27). The fourth-order valence-corrected chi connectivity index (χ4v) is 5.23. The van der Waals surface area contributed by atoms with Gasteiger partial charge in [0.05, 0.1) is 23.3 Å². The van der Waals surface area contributed by atoms with E-state index in [2.05, 4.69) is 22.2 Å². The van der Waals surface area contributed by atoms with Crippen molar-refractivity contribution in [2.24, 2.45) is 5.92 Å². The second-order valence-electron chi connectivity index (χ2n) is 8.64. The van der Waals surface area contributed by atoms with Gasteiger partial charge in [-0.25, -0.2) is 8.42 Å². The Balaban J connectivity index is 1.79. The van der Waals surface area contributed by atoms with Crippen molar-refractivity contribution in [3.05, 3.63) is 41.6 Å². The summed E-state index contributed by atoms with van der Waals surface area (Å²) in [6, 6.07) is 8.99. The molecule has 7 nitrogen and oxygen atoms in total. The van der Waals surface area contributed by atoms with E-state index in [1.807, 2.05) is 18.2 Å². The number of pyridine rings is 1. The van der Waals surface area contributed by atoms with Gasteiger partial charge >= 0.3 is 0 Å². The summed E-state index contributed by atoms with van der Waals surface area (Å²) < 4.78 is 30.4. The molecule has 2 aromatic carbocycles. The third kappa shape index (κ3) is 5.03. The van der Waals surface area contributed by atoms with E-state index in [-0.39, 0.29) is 21.4 Å². The van der Waals surface area contributed by atoms with E-state index in [0.29, 0.717) is 29.1 Å². The molecule has 0 atom stereocenters. The number of aromatic hydroxyl groups is 1. The van der Waals surface area contributed by atoms with Crippen LogP contribution in [-0.4, -0.2) is 63.5 Å². The summed E-state index contributed by atoms with van der Waals surface area (Å²) in [6.45, 7) is 2.77. The molecule has 0 spiro atoms. The van der Waals surface area contributed by atoms with E-state index in [1.165, 1.54) is 19.6 Å². The first-order chi connectivity index (χ1) is 15.7. The van der Waals surface area contributed by atoms with Crippen molar-refractivity contribution in [3.8, 4) is 22.6 Å². The topological polar surface area (TPSA) is 91.8 Å². The van der Waals surface area contributed by atoms with E-state index >= 15 is 0 Å². The van der Waals surface area contributed by atoms with Gasteiger partial charge in [0.15, 0.2) is 21.3 Å². The van der Waals surface area contributed by atoms with Gasteiger partial charge in [0.1, 0.15) is 4.90 Å². The van der Waals surface area contributed by atoms with Crippen LogP contribution in [-0.2, 0) is 9.84 Å². The van der Waals surface area contributed by atoms with E-state index in [9.17, 15) is 13.5 Å². The Morgan fingerprint density at radius 3 is 2.61 bits per heavy atom. The smallest absolute Gasteiger partial charge is 0.179 e. The number of hydrogen-bond acceptors (Lipinski definition) is 7. The molecular weight excluding hydrogens is 462 g/mol. The van der Waals surface area contributed by atoms with Gasteiger partial charge in [0, 0.05) is 24.4 Å². The van der Waals surface area contributed by atoms with Crippen molar-refractivity contribution in [3.63, 3.8) is 0 Å². The van der Waals surface area contributed by atoms with E-state index in [0.717, 1.165) is 37.1 Å². The fourth-order valence-electron chi connectivity index (χ4n) is 4.23. The number of aromatic nitrogens is 1. The quantitative estimate of drug-likeness (QED) is 0.529. The van der Waals surface area contributed by atoms with Crippen molar-refractivity contribution in [2.45, 2.75) is 17.7 Å². The number of nitrogens with zero attached hydrogens (tertiary/aromatic N) is 2. The predicted molar refractivity (Wildman–Crippen MR) is 132 cm³/mol. The zero-order valence-corrected chi connectivity index (χ0v) is 20.5. The molecule has 9 heteroatoms. The van der Waals surface area contributed by atoms with Crippen LogP contribution in [0.25, 0.3) is 22.0 Å². The summed E-state index contributed by atoms with van der Waals surface area (Å²) in [5.74, 6) is 0.617. The second kappa shape index (κ2) is 9.37. The van der Waals surface area contributed by atoms with E-state index in [1.54, 1.807) is 12.1 Å². The number of fused-ring (bicyclic) bond motifs is 1. The number of phenolic OH excluding ortho intramolecular Hbond substituents is 1. The van der Waals surface area contributed by atoms with Crippen molar-refractivity contribution < 1.29 is 18.3 Å². The lowest BCUT2D eigenvalue weighted by Crippen LogP contribution is -2.33. The molecule has 2 N–H and O–H groups in total. The number of phenols is 1. The number of hydrogen-bond donors (Lipinski definition) is 2. The van der Waals surface area contributed by atoms with Crippen LogP contribution >= 0.6 is 11.6 Å². The summed E-state index contributed by atoms with van der Waals surface area (Å²) in [4.78, 5) is 6.89. The first-order valence-electron chi connectivity index (χ1n) is 10.8. The summed E-state index contributed by atoms with van der Waals surface area (Å²) in [7, 11) is 0.0856. The number of piperidine rings is 1. The number of likely N-dealkylation sites (tertiary alicyclic amines) is 1. The molecule has 1 fully saturated rings. The lowest BCUT2D eigenvalue weighted by molar-refractivity contribution is 0.226. The average molecular weight is 490 g/mol. The van der Waals surface area contributed by atoms with Crippen LogP contribution in [0, 0.1) is 5.92 Å². The van der Waals surface area contributed by atoms with Gasteiger partial charge in [0.25, 0.3) is 0 Å². The molecule has 4 rings (SSSR count). The molecule has 0 amide bonds. The van der Waals surface area contributed by atoms with Gasteiger partial charge in [-0.3, -0.25) is 4.98 Å². The molecule has 1 aliphatic rings. The highest BCUT2D eigenvalue weighted by Gasteiger charge is 2.21. The molecule has 1 aromatic heterocycles. The molecule has 33 heavy (non-hydrogen) atoms. The number of halogens is 1. The molecule has 3 aromatic rings. The highest BCUT2D eigenvalue weighted by atomic mass is 35.5. The highest BCUT2D eigenvalue weighted by molar-refractivity contribution is 7.90. The van der Waals surface area contributed by atoms with Gasteiger partial charge in [-0.2, -0.15) is 0 Å². The Bertz CT molecular complexity index is 1290. The highest BCUT2D eigenvalue weighted by Crippen LogP contribution is 2.40. The Hall–Kier alpha value is -2.55. The minimum atomic E-state index is -3.49. The number of benzene rings is 2. The molecule has 0 unspecified atom stereocenters. The van der Waals surface area contributed by atoms with Gasteiger partial charge in [-0.1, -0.05) is 17.7 Å². The second-order valence-corrected chi connectivity index (χ2v) is 11.0. The number of nitrogens with one attached hydrogen (secondary N) is 1. The molecule has 0 bridgehead atoms. The van der Waals surface area contributed by atoms with E-state index in [4.69, 9.17) is 16.3 Å². The zero-order chi connectivity index (χ0) is 23.8. The number of rotatable bonds is 6. The van der Waals surface area contributed by atoms with Crippen molar-refractivity contribution in [1.29, 1.82) is 0 Å².